The van der Waals surface area contributed by atoms with Crippen molar-refractivity contribution in [2.24, 2.45) is 5.92 Å². The second-order valence-corrected chi connectivity index (χ2v) is 3.24. The molecule has 0 aliphatic rings. The summed E-state index contributed by atoms with van der Waals surface area (Å²) >= 11 is 0. The van der Waals surface area contributed by atoms with Crippen LogP contribution in [0.4, 0.5) is 8.78 Å². The molecule has 1 aromatic rings. The number of carbonyl (C=O) groups is 1. The second-order valence-electron chi connectivity index (χ2n) is 3.24. The van der Waals surface area contributed by atoms with Crippen molar-refractivity contribution in [2.75, 3.05) is 0 Å². The van der Waals surface area contributed by atoms with Crippen LogP contribution >= 0.6 is 0 Å². The molecule has 84 valence electrons. The molecule has 1 N–H and O–H groups in total. The van der Waals surface area contributed by atoms with Crippen LogP contribution < -0.4 is 0 Å². The fourth-order valence-corrected chi connectivity index (χ4v) is 1.11. The van der Waals surface area contributed by atoms with Crippen LogP contribution in [-0.2, 0) is 11.2 Å². The van der Waals surface area contributed by atoms with Crippen LogP contribution in [0.5, 0.6) is 0 Å². The molecule has 0 spiro atoms. The number of rotatable bonds is 5. The fourth-order valence-electron chi connectivity index (χ4n) is 1.11. The van der Waals surface area contributed by atoms with Gasteiger partial charge in [-0.3, -0.25) is 4.79 Å². The Kier molecular flexibility index (Phi) is 3.70. The molecule has 0 radical (unpaired) electrons. The van der Waals surface area contributed by atoms with E-state index in [2.05, 4.69) is 14.6 Å². The summed E-state index contributed by atoms with van der Waals surface area (Å²) in [5, 5.41) is 15.0. The number of carboxylic acid groups (broad SMARTS) is 1. The maximum atomic E-state index is 12.0. The minimum Gasteiger partial charge on any atom is -0.481 e. The van der Waals surface area contributed by atoms with E-state index in [9.17, 15) is 13.6 Å². The van der Waals surface area contributed by atoms with Crippen molar-refractivity contribution in [3.63, 3.8) is 0 Å². The van der Waals surface area contributed by atoms with Crippen molar-refractivity contribution in [1.82, 2.24) is 10.2 Å². The third-order valence-electron chi connectivity index (χ3n) is 1.72. The first-order valence-electron chi connectivity index (χ1n) is 4.31. The number of aromatic nitrogens is 2. The lowest BCUT2D eigenvalue weighted by molar-refractivity contribution is -0.137. The Hall–Kier alpha value is -1.53. The molecule has 7 heteroatoms. The topological polar surface area (TPSA) is 76.2 Å². The highest BCUT2D eigenvalue weighted by Crippen LogP contribution is 2.18. The molecule has 0 saturated carbocycles. The number of nitrogens with zero attached hydrogens (tertiary/aromatic N) is 2. The minimum absolute atomic E-state index is 0.0408. The fraction of sp³-hybridized carbons (Fsp3) is 0.625. The van der Waals surface area contributed by atoms with Gasteiger partial charge in [0.1, 0.15) is 0 Å². The zero-order valence-corrected chi connectivity index (χ0v) is 7.98. The highest BCUT2D eigenvalue weighted by molar-refractivity contribution is 5.66. The molecule has 15 heavy (non-hydrogen) atoms. The monoisotopic (exact) mass is 220 g/mol. The average molecular weight is 220 g/mol. The van der Waals surface area contributed by atoms with Gasteiger partial charge in [-0.2, -0.15) is 8.78 Å². The molecule has 0 bridgehead atoms. The Morgan fingerprint density at radius 2 is 2.20 bits per heavy atom. The average Bonchev–Trinajstić information content (AvgIpc) is 2.50. The van der Waals surface area contributed by atoms with Crippen LogP contribution in [0, 0.1) is 5.92 Å². The van der Waals surface area contributed by atoms with Gasteiger partial charge in [-0.25, -0.2) is 0 Å². The van der Waals surface area contributed by atoms with Gasteiger partial charge >= 0.3 is 12.4 Å². The summed E-state index contributed by atoms with van der Waals surface area (Å²) in [6.07, 6.45) is -2.67. The molecule has 0 aliphatic carbocycles. The highest BCUT2D eigenvalue weighted by atomic mass is 19.3. The summed E-state index contributed by atoms with van der Waals surface area (Å²) in [4.78, 5) is 10.3. The summed E-state index contributed by atoms with van der Waals surface area (Å²) in [7, 11) is 0. The molecule has 1 heterocycles. The van der Waals surface area contributed by atoms with Crippen LogP contribution in [0.15, 0.2) is 4.42 Å². The quantitative estimate of drug-likeness (QED) is 0.816. The van der Waals surface area contributed by atoms with Gasteiger partial charge in [-0.05, 0) is 5.92 Å². The molecular formula is C8H10F2N2O3. The zero-order chi connectivity index (χ0) is 11.4. The molecule has 1 atom stereocenters. The van der Waals surface area contributed by atoms with Gasteiger partial charge in [-0.1, -0.05) is 6.92 Å². The lowest BCUT2D eigenvalue weighted by Crippen LogP contribution is -2.07. The van der Waals surface area contributed by atoms with E-state index in [0.29, 0.717) is 0 Å². The van der Waals surface area contributed by atoms with Crippen molar-refractivity contribution in [2.45, 2.75) is 26.2 Å². The van der Waals surface area contributed by atoms with E-state index in [1.54, 1.807) is 6.92 Å². The predicted molar refractivity (Wildman–Crippen MR) is 44.4 cm³/mol. The summed E-state index contributed by atoms with van der Waals surface area (Å²) in [6.45, 7) is 1.67. The second kappa shape index (κ2) is 4.81. The van der Waals surface area contributed by atoms with E-state index in [1.165, 1.54) is 0 Å². The maximum absolute atomic E-state index is 12.0. The van der Waals surface area contributed by atoms with Crippen molar-refractivity contribution >= 4 is 5.97 Å². The van der Waals surface area contributed by atoms with Gasteiger partial charge in [0.25, 0.3) is 5.89 Å². The van der Waals surface area contributed by atoms with Gasteiger partial charge in [0.2, 0.25) is 5.89 Å². The van der Waals surface area contributed by atoms with E-state index >= 15 is 0 Å². The van der Waals surface area contributed by atoms with Gasteiger partial charge in [0.05, 0.1) is 0 Å². The van der Waals surface area contributed by atoms with Crippen molar-refractivity contribution in [1.29, 1.82) is 0 Å². The van der Waals surface area contributed by atoms with Gasteiger partial charge in [0, 0.05) is 12.8 Å². The van der Waals surface area contributed by atoms with Crippen molar-refractivity contribution < 1.29 is 23.1 Å². The molecule has 0 amide bonds. The van der Waals surface area contributed by atoms with Crippen molar-refractivity contribution in [3.8, 4) is 0 Å². The lowest BCUT2D eigenvalue weighted by Gasteiger charge is -2.03. The number of halogens is 2. The van der Waals surface area contributed by atoms with Crippen molar-refractivity contribution in [3.05, 3.63) is 11.8 Å². The molecule has 0 aliphatic heterocycles. The van der Waals surface area contributed by atoms with Crippen LogP contribution in [0.1, 0.15) is 31.6 Å². The van der Waals surface area contributed by atoms with Gasteiger partial charge in [-0.15, -0.1) is 10.2 Å². The van der Waals surface area contributed by atoms with Crippen LogP contribution in [0.2, 0.25) is 0 Å². The largest absolute Gasteiger partial charge is 0.481 e. The van der Waals surface area contributed by atoms with E-state index in [1.807, 2.05) is 0 Å². The zero-order valence-electron chi connectivity index (χ0n) is 7.98. The highest BCUT2D eigenvalue weighted by Gasteiger charge is 2.18. The number of aliphatic carboxylic acids is 1. The van der Waals surface area contributed by atoms with Crippen LogP contribution in [0.3, 0.4) is 0 Å². The third-order valence-corrected chi connectivity index (χ3v) is 1.72. The van der Waals surface area contributed by atoms with Crippen LogP contribution in [-0.4, -0.2) is 21.3 Å². The molecule has 0 saturated heterocycles. The number of hydrogen-bond donors (Lipinski definition) is 1. The SMILES string of the molecule is CC(CC(=O)O)Cc1nnc(C(F)F)o1. The summed E-state index contributed by atoms with van der Waals surface area (Å²) in [5.41, 5.74) is 0. The van der Waals surface area contributed by atoms with E-state index in [4.69, 9.17) is 5.11 Å². The first kappa shape index (κ1) is 11.5. The molecule has 5 nitrogen and oxygen atoms in total. The minimum atomic E-state index is -2.79. The predicted octanol–water partition coefficient (Wildman–Crippen LogP) is 1.66. The molecule has 1 unspecified atom stereocenters. The van der Waals surface area contributed by atoms with Gasteiger partial charge in [0.15, 0.2) is 0 Å². The normalized spacial score (nSPS) is 13.1. The Morgan fingerprint density at radius 1 is 1.53 bits per heavy atom. The first-order chi connectivity index (χ1) is 6.99. The smallest absolute Gasteiger partial charge is 0.314 e. The molecule has 0 fully saturated rings. The molecule has 1 rings (SSSR count). The van der Waals surface area contributed by atoms with Gasteiger partial charge < -0.3 is 9.52 Å². The lowest BCUT2D eigenvalue weighted by atomic mass is 10.0. The number of carboxylic acids is 1. The maximum Gasteiger partial charge on any atom is 0.314 e. The molecular weight excluding hydrogens is 210 g/mol. The standard InChI is InChI=1S/C8H10F2N2O3/c1-4(3-6(13)14)2-5-11-12-8(15-5)7(9)10/h4,7H,2-3H2,1H3,(H,13,14). The Morgan fingerprint density at radius 3 is 2.67 bits per heavy atom. The Bertz CT molecular complexity index is 340. The summed E-state index contributed by atoms with van der Waals surface area (Å²) < 4.78 is 28.7. The van der Waals surface area contributed by atoms with E-state index in [0.717, 1.165) is 0 Å². The number of alkyl halides is 2. The Labute approximate surface area is 84.1 Å². The Balaban J connectivity index is 2.53. The number of hydrogen-bond acceptors (Lipinski definition) is 4. The first-order valence-corrected chi connectivity index (χ1v) is 4.31. The van der Waals surface area contributed by atoms with E-state index in [-0.39, 0.29) is 24.7 Å². The van der Waals surface area contributed by atoms with E-state index < -0.39 is 18.3 Å². The summed E-state index contributed by atoms with van der Waals surface area (Å²) in [6, 6.07) is 0. The summed E-state index contributed by atoms with van der Waals surface area (Å²) in [5.74, 6) is -1.86. The molecule has 0 aromatic carbocycles. The van der Waals surface area contributed by atoms with Crippen LogP contribution in [0.25, 0.3) is 0 Å². The molecule has 1 aromatic heterocycles. The third kappa shape index (κ3) is 3.61.